The summed E-state index contributed by atoms with van der Waals surface area (Å²) < 4.78 is 9.13. The molecule has 0 saturated heterocycles. The second-order valence-corrected chi connectivity index (χ2v) is 21.2. The van der Waals surface area contributed by atoms with E-state index in [1.807, 2.05) is 12.3 Å². The van der Waals surface area contributed by atoms with Gasteiger partial charge in [-0.25, -0.2) is 4.98 Å². The van der Waals surface area contributed by atoms with Crippen molar-refractivity contribution in [1.82, 2.24) is 9.55 Å². The Morgan fingerprint density at radius 1 is 0.531 bits per heavy atom. The molecule has 1 aliphatic heterocycles. The van der Waals surface area contributed by atoms with Crippen molar-refractivity contribution >= 4 is 44.6 Å². The van der Waals surface area contributed by atoms with Crippen LogP contribution in [0.2, 0.25) is 0 Å². The van der Waals surface area contributed by atoms with Crippen LogP contribution in [0.1, 0.15) is 105 Å². The van der Waals surface area contributed by atoms with E-state index in [0.29, 0.717) is 11.5 Å². The van der Waals surface area contributed by atoms with Crippen molar-refractivity contribution in [3.63, 3.8) is 0 Å². The Labute approximate surface area is 395 Å². The van der Waals surface area contributed by atoms with Crippen LogP contribution in [0, 0.1) is 18.8 Å². The molecular weight excluding hydrogens is 964 g/mol. The zero-order chi connectivity index (χ0) is 44.6. The smallest absolute Gasteiger partial charge is 0.135 e. The van der Waals surface area contributed by atoms with Crippen molar-refractivity contribution in [3.8, 4) is 28.4 Å². The quantitative estimate of drug-likeness (QED) is 0.155. The molecule has 6 aromatic carbocycles. The third kappa shape index (κ3) is 8.52. The van der Waals surface area contributed by atoms with Crippen LogP contribution in [-0.2, 0) is 42.7 Å². The van der Waals surface area contributed by atoms with Crippen LogP contribution in [0.5, 0.6) is 11.5 Å². The first-order valence-corrected chi connectivity index (χ1v) is 22.2. The van der Waals surface area contributed by atoms with Gasteiger partial charge in [0.25, 0.3) is 0 Å². The fraction of sp³-hybridized carbons (Fsp3) is 0.276. The second-order valence-electron chi connectivity index (χ2n) is 21.2. The maximum atomic E-state index is 6.87. The summed E-state index contributed by atoms with van der Waals surface area (Å²) in [5.74, 6) is 2.11. The largest absolute Gasteiger partial charge is 0.509 e. The van der Waals surface area contributed by atoms with E-state index in [1.54, 1.807) is 0 Å². The Kier molecular flexibility index (Phi) is 11.5. The van der Waals surface area contributed by atoms with Gasteiger partial charge in [0.05, 0.1) is 0 Å². The van der Waals surface area contributed by atoms with E-state index in [4.69, 9.17) is 9.72 Å². The van der Waals surface area contributed by atoms with Gasteiger partial charge >= 0.3 is 0 Å². The molecule has 3 heterocycles. The normalized spacial score (nSPS) is 13.4. The molecule has 0 fully saturated rings. The summed E-state index contributed by atoms with van der Waals surface area (Å²) in [5.41, 5.74) is 13.3. The maximum Gasteiger partial charge on any atom is 0.135 e. The first kappa shape index (κ1) is 44.9. The van der Waals surface area contributed by atoms with Gasteiger partial charge in [-0.2, -0.15) is 6.07 Å². The molecule has 0 unspecified atom stereocenters. The molecule has 6 heteroatoms. The zero-order valence-electron chi connectivity index (χ0n) is 39.3. The van der Waals surface area contributed by atoms with Gasteiger partial charge in [-0.3, -0.25) is 0 Å². The van der Waals surface area contributed by atoms with Crippen LogP contribution in [0.25, 0.3) is 38.8 Å². The van der Waals surface area contributed by atoms with Gasteiger partial charge in [0, 0.05) is 61.3 Å². The monoisotopic (exact) mass is 1020 g/mol. The van der Waals surface area contributed by atoms with Crippen molar-refractivity contribution in [1.29, 1.82) is 0 Å². The number of nitrogens with zero attached hydrogens (tertiary/aromatic N) is 4. The van der Waals surface area contributed by atoms with Crippen LogP contribution in [-0.4, -0.2) is 9.55 Å². The number of aromatic nitrogens is 2. The Morgan fingerprint density at radius 2 is 1.17 bits per heavy atom. The summed E-state index contributed by atoms with van der Waals surface area (Å²) in [5, 5.41) is 2.26. The molecule has 0 atom stereocenters. The van der Waals surface area contributed by atoms with E-state index < -0.39 is 0 Å². The standard InChI is InChI=1S/C58H59N4O.Pt/c1-55(2,3)39-22-25-47-48-27-24-44(36-53(48)62(52(47)32-39)54-33-40(28-29-59-54)56(4,5)6)63-45-31-41(57(7,8)9)30-43(34-45)61-37-60(50-20-16-17-21-51(50)61)42-23-26-46(38-18-14-13-15-19-38)49(35-42)58(10,11)12;/h13-33,35,37H,1-12H3;/q-3;. The molecule has 0 aliphatic carbocycles. The average molecular weight is 1020 g/mol. The van der Waals surface area contributed by atoms with Crippen LogP contribution in [0.4, 0.5) is 22.7 Å². The van der Waals surface area contributed by atoms with Gasteiger partial charge in [0.15, 0.2) is 0 Å². The molecular formula is C58H59N4OPt-3. The van der Waals surface area contributed by atoms with Gasteiger partial charge in [0.1, 0.15) is 5.82 Å². The first-order valence-electron chi connectivity index (χ1n) is 22.2. The molecule has 0 radical (unpaired) electrons. The minimum Gasteiger partial charge on any atom is -0.509 e. The molecule has 8 aromatic rings. The van der Waals surface area contributed by atoms with Gasteiger partial charge in [-0.15, -0.1) is 53.6 Å². The fourth-order valence-electron chi connectivity index (χ4n) is 8.64. The predicted octanol–water partition coefficient (Wildman–Crippen LogP) is 15.8. The average Bonchev–Trinajstić information content (AvgIpc) is 3.78. The SMILES string of the molecule is CC(C)(C)c1cc(Oc2[c-]c3c(cc2)c2ccc(C(C)(C)C)cc2n3-c2cc(C(C)(C)C)ccn2)[c-]c(N2[CH-]N(c3ccc(-c4ccccc4)c(C(C)(C)C)c3)c3ccccc32)c1.[Pt]. The molecule has 64 heavy (non-hydrogen) atoms. The van der Waals surface area contributed by atoms with Gasteiger partial charge < -0.3 is 19.1 Å². The second kappa shape index (κ2) is 16.4. The van der Waals surface area contributed by atoms with Crippen molar-refractivity contribution in [3.05, 3.63) is 175 Å². The molecule has 330 valence electrons. The van der Waals surface area contributed by atoms with Gasteiger partial charge in [-0.1, -0.05) is 149 Å². The summed E-state index contributed by atoms with van der Waals surface area (Å²) in [7, 11) is 0. The van der Waals surface area contributed by atoms with Crippen molar-refractivity contribution in [2.75, 3.05) is 9.80 Å². The summed E-state index contributed by atoms with van der Waals surface area (Å²) in [6.45, 7) is 29.3. The number of ether oxygens (including phenoxy) is 1. The molecule has 0 N–H and O–H groups in total. The van der Waals surface area contributed by atoms with Crippen LogP contribution < -0.4 is 14.5 Å². The van der Waals surface area contributed by atoms with E-state index in [0.717, 1.165) is 55.9 Å². The third-order valence-corrected chi connectivity index (χ3v) is 12.3. The Hall–Kier alpha value is -5.64. The van der Waals surface area contributed by atoms with Crippen molar-refractivity contribution in [2.24, 2.45) is 0 Å². The molecule has 5 nitrogen and oxygen atoms in total. The summed E-state index contributed by atoms with van der Waals surface area (Å²) in [6, 6.07) is 53.3. The Morgan fingerprint density at radius 3 is 1.84 bits per heavy atom. The number of fused-ring (bicyclic) bond motifs is 4. The number of hydrogen-bond acceptors (Lipinski definition) is 4. The number of anilines is 4. The maximum absolute atomic E-state index is 6.87. The molecule has 0 saturated carbocycles. The number of hydrogen-bond donors (Lipinski definition) is 0. The minimum atomic E-state index is -0.162. The van der Waals surface area contributed by atoms with Crippen molar-refractivity contribution in [2.45, 2.75) is 105 Å². The number of pyridine rings is 1. The Balaban J connectivity index is 0.00000560. The van der Waals surface area contributed by atoms with Crippen molar-refractivity contribution < 1.29 is 25.8 Å². The minimum absolute atomic E-state index is 0. The van der Waals surface area contributed by atoms with Gasteiger partial charge in [-0.05, 0) is 97.3 Å². The van der Waals surface area contributed by atoms with E-state index >= 15 is 0 Å². The van der Waals surface area contributed by atoms with Crippen LogP contribution in [0.15, 0.2) is 134 Å². The number of benzene rings is 6. The summed E-state index contributed by atoms with van der Waals surface area (Å²) >= 11 is 0. The number of rotatable bonds is 6. The van der Waals surface area contributed by atoms with E-state index in [9.17, 15) is 0 Å². The fourth-order valence-corrected chi connectivity index (χ4v) is 8.64. The topological polar surface area (TPSA) is 33.5 Å². The van der Waals surface area contributed by atoms with E-state index in [2.05, 4.69) is 238 Å². The Bertz CT molecular complexity index is 3010. The van der Waals surface area contributed by atoms with Gasteiger partial charge in [0.2, 0.25) is 0 Å². The van der Waals surface area contributed by atoms with E-state index in [1.165, 1.54) is 27.8 Å². The molecule has 1 aliphatic rings. The van der Waals surface area contributed by atoms with Crippen LogP contribution >= 0.6 is 0 Å². The molecule has 0 amide bonds. The van der Waals surface area contributed by atoms with Crippen LogP contribution in [0.3, 0.4) is 0 Å². The molecule has 2 aromatic heterocycles. The molecule has 0 bridgehead atoms. The molecule has 0 spiro atoms. The number of para-hydroxylation sites is 2. The molecule has 9 rings (SSSR count). The summed E-state index contributed by atoms with van der Waals surface area (Å²) in [6.07, 6.45) is 1.92. The predicted molar refractivity (Wildman–Crippen MR) is 264 cm³/mol. The third-order valence-electron chi connectivity index (χ3n) is 12.3. The summed E-state index contributed by atoms with van der Waals surface area (Å²) in [4.78, 5) is 9.50. The van der Waals surface area contributed by atoms with E-state index in [-0.39, 0.29) is 42.7 Å². The zero-order valence-corrected chi connectivity index (χ0v) is 41.6. The first-order chi connectivity index (χ1) is 29.7.